The van der Waals surface area contributed by atoms with Gasteiger partial charge in [0, 0.05) is 34.3 Å². The number of fused-ring (bicyclic) bond motifs is 1. The fourth-order valence-electron chi connectivity index (χ4n) is 2.31. The van der Waals surface area contributed by atoms with Gasteiger partial charge in [0.05, 0.1) is 9.35 Å². The highest BCUT2D eigenvalue weighted by Crippen LogP contribution is 2.29. The molecule has 1 aliphatic rings. The lowest BCUT2D eigenvalue weighted by Crippen LogP contribution is -2.22. The van der Waals surface area contributed by atoms with Crippen LogP contribution in [0.15, 0.2) is 48.5 Å². The van der Waals surface area contributed by atoms with Crippen molar-refractivity contribution in [1.82, 2.24) is 0 Å². The van der Waals surface area contributed by atoms with Gasteiger partial charge in [0.25, 0.3) is 0 Å². The summed E-state index contributed by atoms with van der Waals surface area (Å²) in [5.41, 5.74) is 2.23. The van der Waals surface area contributed by atoms with Gasteiger partial charge in [-0.05, 0) is 64.7 Å². The average Bonchev–Trinajstić information content (AvgIpc) is 3.04. The molecule has 0 saturated carbocycles. The van der Waals surface area contributed by atoms with Gasteiger partial charge in [0.15, 0.2) is 0 Å². The van der Waals surface area contributed by atoms with Crippen molar-refractivity contribution < 1.29 is 13.0 Å². The minimum absolute atomic E-state index is 0.141. The Hall–Kier alpha value is -1.07. The van der Waals surface area contributed by atoms with Crippen molar-refractivity contribution in [2.45, 2.75) is 19.4 Å². The van der Waals surface area contributed by atoms with Gasteiger partial charge >= 0.3 is 0 Å². The standard InChI is InChI=1S/C18H20INO/c19-17-7-8-18-16(13-17)9-11-20(18)10-4-12-21-14-15-5-2-1-3-6-15/h1-3,5-8,13H,4,9-12,14H2/i4D2,10D2,12D2. The monoisotopic (exact) mass is 399 g/mol. The maximum absolute atomic E-state index is 8.45. The molecular weight excluding hydrogens is 373 g/mol. The lowest BCUT2D eigenvalue weighted by Gasteiger charge is -2.19. The summed E-state index contributed by atoms with van der Waals surface area (Å²) in [6, 6.07) is 14.4. The van der Waals surface area contributed by atoms with E-state index in [1.54, 1.807) is 30.3 Å². The van der Waals surface area contributed by atoms with Gasteiger partial charge in [0.2, 0.25) is 0 Å². The molecule has 1 heterocycles. The number of ether oxygens (including phenoxy) is 1. The Balaban J connectivity index is 1.84. The summed E-state index contributed by atoms with van der Waals surface area (Å²) in [6.07, 6.45) is -2.31. The molecule has 21 heavy (non-hydrogen) atoms. The number of hydrogen-bond acceptors (Lipinski definition) is 2. The number of anilines is 1. The molecule has 110 valence electrons. The second kappa shape index (κ2) is 7.27. The third kappa shape index (κ3) is 3.98. The molecule has 3 heteroatoms. The molecule has 0 aliphatic carbocycles. The van der Waals surface area contributed by atoms with Crippen LogP contribution in [-0.4, -0.2) is 19.6 Å². The van der Waals surface area contributed by atoms with Crippen LogP contribution in [0.1, 0.15) is 25.7 Å². The highest BCUT2D eigenvalue weighted by atomic mass is 127. The number of halogens is 1. The molecule has 0 N–H and O–H groups in total. The van der Waals surface area contributed by atoms with Gasteiger partial charge < -0.3 is 9.64 Å². The second-order valence-corrected chi connectivity index (χ2v) is 6.03. The van der Waals surface area contributed by atoms with Crippen LogP contribution in [0.25, 0.3) is 0 Å². The molecule has 0 radical (unpaired) electrons. The van der Waals surface area contributed by atoms with Crippen molar-refractivity contribution in [3.8, 4) is 0 Å². The molecule has 0 fully saturated rings. The van der Waals surface area contributed by atoms with Crippen LogP contribution in [0.4, 0.5) is 5.69 Å². The Kier molecular flexibility index (Phi) is 3.17. The molecule has 2 aromatic rings. The summed E-state index contributed by atoms with van der Waals surface area (Å²) in [6.45, 7) is -5.27. The molecule has 0 amide bonds. The van der Waals surface area contributed by atoms with Gasteiger partial charge in [-0.3, -0.25) is 0 Å². The summed E-state index contributed by atoms with van der Waals surface area (Å²) in [4.78, 5) is 1.31. The van der Waals surface area contributed by atoms with Crippen molar-refractivity contribution in [2.75, 3.05) is 24.5 Å². The highest BCUT2D eigenvalue weighted by molar-refractivity contribution is 14.1. The molecule has 0 atom stereocenters. The molecule has 0 bridgehead atoms. The van der Waals surface area contributed by atoms with E-state index in [1.807, 2.05) is 18.2 Å². The number of hydrogen-bond donors (Lipinski definition) is 0. The largest absolute Gasteiger partial charge is 0.377 e. The number of benzene rings is 2. The Morgan fingerprint density at radius 1 is 1.19 bits per heavy atom. The fourth-order valence-corrected chi connectivity index (χ4v) is 2.86. The van der Waals surface area contributed by atoms with Crippen LogP contribution >= 0.6 is 22.6 Å². The van der Waals surface area contributed by atoms with E-state index in [0.29, 0.717) is 17.7 Å². The van der Waals surface area contributed by atoms with E-state index in [1.165, 1.54) is 4.90 Å². The Bertz CT molecular complexity index is 815. The Morgan fingerprint density at radius 2 is 2.05 bits per heavy atom. The zero-order valence-corrected chi connectivity index (χ0v) is 13.6. The first-order chi connectivity index (χ1) is 12.6. The quantitative estimate of drug-likeness (QED) is 0.673. The predicted octanol–water partition coefficient (Wildman–Crippen LogP) is 4.26. The van der Waals surface area contributed by atoms with Crippen molar-refractivity contribution in [2.24, 2.45) is 0 Å². The van der Waals surface area contributed by atoms with E-state index in [-0.39, 0.29) is 13.2 Å². The van der Waals surface area contributed by atoms with Gasteiger partial charge in [-0.1, -0.05) is 30.3 Å². The minimum atomic E-state index is -2.90. The molecule has 2 nitrogen and oxygen atoms in total. The highest BCUT2D eigenvalue weighted by Gasteiger charge is 2.18. The van der Waals surface area contributed by atoms with Gasteiger partial charge in [-0.25, -0.2) is 0 Å². The van der Waals surface area contributed by atoms with Crippen molar-refractivity contribution in [1.29, 1.82) is 0 Å². The SMILES string of the molecule is [2H]C([2H])(OCc1ccccc1)C([2H])([2H])C([2H])([2H])N1CCc2cc(I)ccc21. The van der Waals surface area contributed by atoms with E-state index >= 15 is 0 Å². The first-order valence-corrected chi connectivity index (χ1v) is 7.88. The zero-order chi connectivity index (χ0) is 19.9. The van der Waals surface area contributed by atoms with Crippen molar-refractivity contribution >= 4 is 28.3 Å². The van der Waals surface area contributed by atoms with Crippen molar-refractivity contribution in [3.63, 3.8) is 0 Å². The third-order valence-corrected chi connectivity index (χ3v) is 4.00. The predicted molar refractivity (Wildman–Crippen MR) is 95.8 cm³/mol. The maximum atomic E-state index is 8.45. The summed E-state index contributed by atoms with van der Waals surface area (Å²) in [7, 11) is 0. The second-order valence-electron chi connectivity index (χ2n) is 4.79. The smallest absolute Gasteiger partial charge is 0.0716 e. The van der Waals surface area contributed by atoms with Crippen LogP contribution < -0.4 is 4.90 Å². The third-order valence-electron chi connectivity index (χ3n) is 3.33. The Morgan fingerprint density at radius 3 is 2.90 bits per heavy atom. The number of rotatable bonds is 6. The molecule has 2 aromatic carbocycles. The van der Waals surface area contributed by atoms with E-state index in [9.17, 15) is 0 Å². The summed E-state index contributed by atoms with van der Waals surface area (Å²) >= 11 is 2.18. The fraction of sp³-hybridized carbons (Fsp3) is 0.333. The number of nitrogens with zero attached hydrogens (tertiary/aromatic N) is 1. The lowest BCUT2D eigenvalue weighted by molar-refractivity contribution is 0.119. The molecule has 3 rings (SSSR count). The molecule has 0 unspecified atom stereocenters. The first-order valence-electron chi connectivity index (χ1n) is 9.80. The van der Waals surface area contributed by atoms with E-state index in [0.717, 1.165) is 9.13 Å². The summed E-state index contributed by atoms with van der Waals surface area (Å²) in [5.74, 6) is 0. The summed E-state index contributed by atoms with van der Waals surface area (Å²) < 4.78 is 56.0. The topological polar surface area (TPSA) is 12.5 Å². The normalized spacial score (nSPS) is 19.8. The van der Waals surface area contributed by atoms with Crippen molar-refractivity contribution in [3.05, 3.63) is 63.2 Å². The molecule has 1 aliphatic heterocycles. The van der Waals surface area contributed by atoms with Crippen LogP contribution in [0, 0.1) is 3.57 Å². The van der Waals surface area contributed by atoms with Crippen LogP contribution in [0.5, 0.6) is 0 Å². The molecular formula is C18H20INO. The van der Waals surface area contributed by atoms with E-state index < -0.39 is 19.4 Å². The van der Waals surface area contributed by atoms with Gasteiger partial charge in [-0.2, -0.15) is 0 Å². The van der Waals surface area contributed by atoms with Crippen LogP contribution in [0.2, 0.25) is 0 Å². The first kappa shape index (κ1) is 9.16. The van der Waals surface area contributed by atoms with Gasteiger partial charge in [0.1, 0.15) is 0 Å². The zero-order valence-electron chi connectivity index (χ0n) is 17.5. The minimum Gasteiger partial charge on any atom is -0.377 e. The molecule has 0 spiro atoms. The summed E-state index contributed by atoms with van der Waals surface area (Å²) in [5, 5.41) is 0. The molecule has 0 saturated heterocycles. The maximum Gasteiger partial charge on any atom is 0.0716 e. The molecule has 0 aromatic heterocycles. The van der Waals surface area contributed by atoms with Crippen LogP contribution in [0.3, 0.4) is 0 Å². The van der Waals surface area contributed by atoms with Crippen LogP contribution in [-0.2, 0) is 17.8 Å². The lowest BCUT2D eigenvalue weighted by atomic mass is 10.2. The van der Waals surface area contributed by atoms with Gasteiger partial charge in [-0.15, -0.1) is 0 Å². The Labute approximate surface area is 148 Å². The van der Waals surface area contributed by atoms with E-state index in [4.69, 9.17) is 13.0 Å². The van der Waals surface area contributed by atoms with E-state index in [2.05, 4.69) is 22.6 Å². The average molecular weight is 399 g/mol.